The van der Waals surface area contributed by atoms with Gasteiger partial charge in [0, 0.05) is 5.88 Å². The molecule has 0 radical (unpaired) electrons. The third kappa shape index (κ3) is 5.90. The monoisotopic (exact) mass is 158 g/mol. The zero-order valence-electron chi connectivity index (χ0n) is 6.68. The zero-order chi connectivity index (χ0) is 7.82. The van der Waals surface area contributed by atoms with Crippen molar-refractivity contribution in [1.29, 1.82) is 0 Å². The van der Waals surface area contributed by atoms with Gasteiger partial charge < -0.3 is 0 Å². The summed E-state index contributed by atoms with van der Waals surface area (Å²) in [7, 11) is 0. The summed E-state index contributed by atoms with van der Waals surface area (Å²) in [6.45, 7) is 4.24. The highest BCUT2D eigenvalue weighted by Gasteiger charge is 1.89. The summed E-state index contributed by atoms with van der Waals surface area (Å²) in [5, 5.41) is 0. The van der Waals surface area contributed by atoms with Crippen molar-refractivity contribution >= 4 is 11.6 Å². The molecule has 0 aromatic carbocycles. The molecule has 1 atom stereocenters. The second kappa shape index (κ2) is 6.88. The van der Waals surface area contributed by atoms with Gasteiger partial charge in [-0.3, -0.25) is 0 Å². The molecule has 0 heterocycles. The molecular weight excluding hydrogens is 144 g/mol. The Morgan fingerprint density at radius 3 is 2.60 bits per heavy atom. The molecule has 0 rings (SSSR count). The molecule has 0 aliphatic rings. The smallest absolute Gasteiger partial charge is 0.0404 e. The van der Waals surface area contributed by atoms with E-state index >= 15 is 0 Å². The molecule has 0 aliphatic carbocycles. The predicted octanol–water partition coefficient (Wildman–Crippen LogP) is 3.38. The maximum absolute atomic E-state index is 5.46. The van der Waals surface area contributed by atoms with Gasteiger partial charge >= 0.3 is 0 Å². The van der Waals surface area contributed by atoms with Crippen molar-refractivity contribution in [3.05, 3.63) is 24.3 Å². The highest BCUT2D eigenvalue weighted by molar-refractivity contribution is 6.18. The van der Waals surface area contributed by atoms with Crippen molar-refractivity contribution in [2.75, 3.05) is 5.88 Å². The highest BCUT2D eigenvalue weighted by Crippen LogP contribution is 2.03. The van der Waals surface area contributed by atoms with Gasteiger partial charge in [0.2, 0.25) is 0 Å². The molecule has 0 bridgehead atoms. The van der Waals surface area contributed by atoms with Gasteiger partial charge in [0.1, 0.15) is 0 Å². The summed E-state index contributed by atoms with van der Waals surface area (Å²) < 4.78 is 0. The van der Waals surface area contributed by atoms with E-state index in [4.69, 9.17) is 11.6 Å². The van der Waals surface area contributed by atoms with E-state index in [9.17, 15) is 0 Å². The number of hydrogen-bond donors (Lipinski definition) is 0. The van der Waals surface area contributed by atoms with Gasteiger partial charge in [-0.25, -0.2) is 0 Å². The summed E-state index contributed by atoms with van der Waals surface area (Å²) in [5.74, 6) is 1.27. The average molecular weight is 159 g/mol. The Morgan fingerprint density at radius 1 is 1.40 bits per heavy atom. The molecule has 1 unspecified atom stereocenters. The highest BCUT2D eigenvalue weighted by atomic mass is 35.5. The first-order valence-electron chi connectivity index (χ1n) is 3.65. The lowest BCUT2D eigenvalue weighted by atomic mass is 10.1. The van der Waals surface area contributed by atoms with Crippen molar-refractivity contribution in [1.82, 2.24) is 0 Å². The number of hydrogen-bond acceptors (Lipinski definition) is 0. The molecule has 0 nitrogen and oxygen atoms in total. The number of allylic oxidation sites excluding steroid dienone is 4. The van der Waals surface area contributed by atoms with E-state index in [2.05, 4.69) is 25.2 Å². The molecule has 0 N–H and O–H groups in total. The Hall–Kier alpha value is -0.230. The molecule has 10 heavy (non-hydrogen) atoms. The van der Waals surface area contributed by atoms with E-state index in [1.54, 1.807) is 0 Å². The van der Waals surface area contributed by atoms with Crippen LogP contribution >= 0.6 is 11.6 Å². The van der Waals surface area contributed by atoms with Gasteiger partial charge in [0.25, 0.3) is 0 Å². The summed E-state index contributed by atoms with van der Waals surface area (Å²) in [6, 6.07) is 0. The van der Waals surface area contributed by atoms with Crippen LogP contribution in [0.1, 0.15) is 20.3 Å². The van der Waals surface area contributed by atoms with E-state index in [0.717, 1.165) is 6.42 Å². The van der Waals surface area contributed by atoms with Crippen LogP contribution in [0.25, 0.3) is 0 Å². The number of alkyl halides is 1. The Labute approximate surface area is 68.6 Å². The van der Waals surface area contributed by atoms with Gasteiger partial charge in [0.15, 0.2) is 0 Å². The van der Waals surface area contributed by atoms with Gasteiger partial charge in [-0.05, 0) is 19.3 Å². The molecule has 0 aromatic rings. The van der Waals surface area contributed by atoms with E-state index in [-0.39, 0.29) is 0 Å². The molecule has 58 valence electrons. The van der Waals surface area contributed by atoms with E-state index in [1.165, 1.54) is 0 Å². The van der Waals surface area contributed by atoms with Crippen LogP contribution in [-0.4, -0.2) is 5.88 Å². The largest absolute Gasteiger partial charge is 0.122 e. The molecule has 0 saturated heterocycles. The van der Waals surface area contributed by atoms with Crippen molar-refractivity contribution in [2.45, 2.75) is 20.3 Å². The van der Waals surface area contributed by atoms with E-state index < -0.39 is 0 Å². The lowest BCUT2D eigenvalue weighted by Gasteiger charge is -1.98. The van der Waals surface area contributed by atoms with Crippen LogP contribution in [0.2, 0.25) is 0 Å². The zero-order valence-corrected chi connectivity index (χ0v) is 7.43. The Bertz CT molecular complexity index is 114. The summed E-state index contributed by atoms with van der Waals surface area (Å²) in [6.07, 6.45) is 9.48. The molecule has 0 aliphatic heterocycles. The summed E-state index contributed by atoms with van der Waals surface area (Å²) >= 11 is 5.46. The van der Waals surface area contributed by atoms with Crippen molar-refractivity contribution < 1.29 is 0 Å². The Balaban J connectivity index is 3.38. The fourth-order valence-corrected chi connectivity index (χ4v) is 0.907. The Kier molecular flexibility index (Phi) is 6.73. The van der Waals surface area contributed by atoms with Crippen LogP contribution in [0.15, 0.2) is 24.3 Å². The standard InChI is InChI=1S/C9H15Cl/c1-3-6-9(2)7-4-5-8-10/h3-6,9H,7-8H2,1-2H3/b5-4+,6-3+. The van der Waals surface area contributed by atoms with E-state index in [1.807, 2.05) is 13.0 Å². The van der Waals surface area contributed by atoms with Crippen LogP contribution in [-0.2, 0) is 0 Å². The van der Waals surface area contributed by atoms with Crippen LogP contribution in [0, 0.1) is 5.92 Å². The molecule has 0 saturated carbocycles. The van der Waals surface area contributed by atoms with Crippen LogP contribution in [0.3, 0.4) is 0 Å². The lowest BCUT2D eigenvalue weighted by Crippen LogP contribution is -1.84. The minimum absolute atomic E-state index is 0.628. The van der Waals surface area contributed by atoms with Crippen LogP contribution in [0.5, 0.6) is 0 Å². The second-order valence-electron chi connectivity index (χ2n) is 2.36. The molecule has 0 amide bonds. The quantitative estimate of drug-likeness (QED) is 0.435. The third-order valence-electron chi connectivity index (χ3n) is 1.28. The summed E-state index contributed by atoms with van der Waals surface area (Å²) in [4.78, 5) is 0. The lowest BCUT2D eigenvalue weighted by molar-refractivity contribution is 0.743. The third-order valence-corrected chi connectivity index (χ3v) is 1.46. The van der Waals surface area contributed by atoms with Gasteiger partial charge in [-0.2, -0.15) is 0 Å². The molecule has 0 fully saturated rings. The normalized spacial score (nSPS) is 15.1. The van der Waals surface area contributed by atoms with Crippen LogP contribution in [0.4, 0.5) is 0 Å². The first kappa shape index (κ1) is 9.77. The fourth-order valence-electron chi connectivity index (χ4n) is 0.781. The maximum Gasteiger partial charge on any atom is 0.0404 e. The average Bonchev–Trinajstić information content (AvgIpc) is 1.89. The van der Waals surface area contributed by atoms with Crippen molar-refractivity contribution in [3.8, 4) is 0 Å². The van der Waals surface area contributed by atoms with Gasteiger partial charge in [-0.1, -0.05) is 31.2 Å². The minimum atomic E-state index is 0.628. The molecule has 1 heteroatoms. The Morgan fingerprint density at radius 2 is 2.10 bits per heavy atom. The van der Waals surface area contributed by atoms with Crippen LogP contribution < -0.4 is 0 Å². The second-order valence-corrected chi connectivity index (χ2v) is 2.67. The predicted molar refractivity (Wildman–Crippen MR) is 48.5 cm³/mol. The fraction of sp³-hybridized carbons (Fsp3) is 0.556. The first-order chi connectivity index (χ1) is 4.81. The summed E-state index contributed by atoms with van der Waals surface area (Å²) in [5.41, 5.74) is 0. The number of rotatable bonds is 4. The van der Waals surface area contributed by atoms with Gasteiger partial charge in [0.05, 0.1) is 0 Å². The maximum atomic E-state index is 5.46. The van der Waals surface area contributed by atoms with Gasteiger partial charge in [-0.15, -0.1) is 11.6 Å². The first-order valence-corrected chi connectivity index (χ1v) is 4.18. The molecule has 0 aromatic heterocycles. The minimum Gasteiger partial charge on any atom is -0.122 e. The SMILES string of the molecule is C/C=C/C(C)C/C=C/CCl. The molecular formula is C9H15Cl. The topological polar surface area (TPSA) is 0 Å². The number of halogens is 1. The van der Waals surface area contributed by atoms with Crippen molar-refractivity contribution in [2.24, 2.45) is 5.92 Å². The van der Waals surface area contributed by atoms with Crippen molar-refractivity contribution in [3.63, 3.8) is 0 Å². The molecule has 0 spiro atoms. The van der Waals surface area contributed by atoms with E-state index in [0.29, 0.717) is 11.8 Å².